The van der Waals surface area contributed by atoms with E-state index in [4.69, 9.17) is 11.6 Å². The predicted octanol–water partition coefficient (Wildman–Crippen LogP) is 2.12. The summed E-state index contributed by atoms with van der Waals surface area (Å²) in [4.78, 5) is 23.7. The molecular weight excluding hydrogens is 306 g/mol. The number of nitrogens with one attached hydrogen (secondary N) is 1. The molecular formula is C15H14ClN3O3. The molecule has 0 bridgehead atoms. The lowest BCUT2D eigenvalue weighted by Crippen LogP contribution is -2.28. The fraction of sp³-hybridized carbons (Fsp3) is 0.267. The van der Waals surface area contributed by atoms with Crippen LogP contribution in [0, 0.1) is 0 Å². The third-order valence-corrected chi connectivity index (χ3v) is 4.10. The van der Waals surface area contributed by atoms with E-state index in [1.807, 2.05) is 12.1 Å². The maximum absolute atomic E-state index is 12.3. The second-order valence-electron chi connectivity index (χ2n) is 5.28. The van der Waals surface area contributed by atoms with E-state index in [1.54, 1.807) is 25.4 Å². The van der Waals surface area contributed by atoms with Crippen molar-refractivity contribution >= 4 is 23.5 Å². The summed E-state index contributed by atoms with van der Waals surface area (Å²) in [5, 5.41) is 16.4. The van der Waals surface area contributed by atoms with Crippen molar-refractivity contribution in [1.29, 1.82) is 0 Å². The molecule has 0 saturated heterocycles. The van der Waals surface area contributed by atoms with Crippen LogP contribution in [0.3, 0.4) is 0 Å². The molecule has 1 aliphatic carbocycles. The smallest absolute Gasteiger partial charge is 0.311 e. The van der Waals surface area contributed by atoms with Crippen LogP contribution in [0.4, 0.5) is 0 Å². The Morgan fingerprint density at radius 3 is 2.64 bits per heavy atom. The van der Waals surface area contributed by atoms with Gasteiger partial charge in [-0.25, -0.2) is 0 Å². The summed E-state index contributed by atoms with van der Waals surface area (Å²) in [6.07, 6.45) is 1.87. The zero-order chi connectivity index (χ0) is 15.9. The Labute approximate surface area is 131 Å². The number of carbonyl (C=O) groups excluding carboxylic acids is 1. The summed E-state index contributed by atoms with van der Waals surface area (Å²) < 4.78 is 1.46. The van der Waals surface area contributed by atoms with Gasteiger partial charge in [-0.1, -0.05) is 35.9 Å². The Morgan fingerprint density at radius 2 is 2.05 bits per heavy atom. The molecule has 22 heavy (non-hydrogen) atoms. The van der Waals surface area contributed by atoms with Gasteiger partial charge in [0.15, 0.2) is 5.69 Å². The molecule has 0 fully saturated rings. The molecule has 114 valence electrons. The van der Waals surface area contributed by atoms with Crippen LogP contribution in [0.1, 0.15) is 40.0 Å². The molecule has 2 unspecified atom stereocenters. The molecule has 1 aromatic carbocycles. The maximum atomic E-state index is 12.3. The van der Waals surface area contributed by atoms with E-state index in [0.717, 1.165) is 11.1 Å². The number of hydrogen-bond donors (Lipinski definition) is 2. The van der Waals surface area contributed by atoms with Crippen molar-refractivity contribution < 1.29 is 14.7 Å². The van der Waals surface area contributed by atoms with Crippen molar-refractivity contribution in [3.05, 3.63) is 52.3 Å². The quantitative estimate of drug-likeness (QED) is 0.907. The van der Waals surface area contributed by atoms with E-state index in [1.165, 1.54) is 4.68 Å². The number of rotatable bonds is 3. The fourth-order valence-electron chi connectivity index (χ4n) is 2.85. The summed E-state index contributed by atoms with van der Waals surface area (Å²) in [5.74, 6) is -1.91. The molecule has 0 radical (unpaired) electrons. The highest BCUT2D eigenvalue weighted by molar-refractivity contribution is 6.33. The number of halogens is 1. The molecule has 1 amide bonds. The number of benzene rings is 1. The van der Waals surface area contributed by atoms with Crippen molar-refractivity contribution in [1.82, 2.24) is 15.1 Å². The van der Waals surface area contributed by atoms with Crippen LogP contribution in [0.5, 0.6) is 0 Å². The molecule has 0 aliphatic heterocycles. The number of carbonyl (C=O) groups is 2. The molecule has 0 saturated carbocycles. The Balaban J connectivity index is 1.86. The van der Waals surface area contributed by atoms with Crippen LogP contribution in [0.15, 0.2) is 30.5 Å². The minimum atomic E-state index is -0.889. The van der Waals surface area contributed by atoms with Crippen LogP contribution in [-0.4, -0.2) is 26.8 Å². The topological polar surface area (TPSA) is 84.2 Å². The predicted molar refractivity (Wildman–Crippen MR) is 79.9 cm³/mol. The summed E-state index contributed by atoms with van der Waals surface area (Å²) in [5.41, 5.74) is 1.71. The Bertz CT molecular complexity index is 756. The molecule has 2 aromatic rings. The number of aryl methyl sites for hydroxylation is 1. The average Bonchev–Trinajstić information content (AvgIpc) is 3.00. The van der Waals surface area contributed by atoms with Crippen LogP contribution < -0.4 is 5.32 Å². The van der Waals surface area contributed by atoms with Crippen LogP contribution >= 0.6 is 11.6 Å². The highest BCUT2D eigenvalue weighted by atomic mass is 35.5. The Hall–Kier alpha value is -2.34. The van der Waals surface area contributed by atoms with Gasteiger partial charge in [-0.05, 0) is 17.5 Å². The van der Waals surface area contributed by atoms with E-state index >= 15 is 0 Å². The SMILES string of the molecule is Cn1cc(Cl)c(C(=O)NC2CC(C(=O)O)c3ccccc32)n1. The minimum Gasteiger partial charge on any atom is -0.481 e. The van der Waals surface area contributed by atoms with E-state index in [9.17, 15) is 14.7 Å². The Kier molecular flexibility index (Phi) is 3.62. The molecule has 1 aromatic heterocycles. The number of aliphatic carboxylic acids is 1. The third-order valence-electron chi connectivity index (χ3n) is 3.82. The summed E-state index contributed by atoms with van der Waals surface area (Å²) in [6, 6.07) is 6.89. The Morgan fingerprint density at radius 1 is 1.36 bits per heavy atom. The standard InChI is InChI=1S/C15H14ClN3O3/c1-19-7-11(16)13(18-19)14(20)17-12-6-10(15(21)22)8-4-2-3-5-9(8)12/h2-5,7,10,12H,6H2,1H3,(H,17,20)(H,21,22). The molecule has 2 N–H and O–H groups in total. The van der Waals surface area contributed by atoms with Crippen molar-refractivity contribution in [2.75, 3.05) is 0 Å². The second-order valence-corrected chi connectivity index (χ2v) is 5.69. The molecule has 2 atom stereocenters. The molecule has 1 heterocycles. The van der Waals surface area contributed by atoms with E-state index in [2.05, 4.69) is 10.4 Å². The first-order valence-electron chi connectivity index (χ1n) is 6.79. The third kappa shape index (κ3) is 2.46. The zero-order valence-electron chi connectivity index (χ0n) is 11.8. The van der Waals surface area contributed by atoms with Crippen molar-refractivity contribution in [2.24, 2.45) is 7.05 Å². The molecule has 3 rings (SSSR count). The highest BCUT2D eigenvalue weighted by Crippen LogP contribution is 2.40. The number of amides is 1. The van der Waals surface area contributed by atoms with Gasteiger partial charge in [0.25, 0.3) is 5.91 Å². The van der Waals surface area contributed by atoms with E-state index in [0.29, 0.717) is 6.42 Å². The maximum Gasteiger partial charge on any atom is 0.311 e. The van der Waals surface area contributed by atoms with Crippen LogP contribution in [0.2, 0.25) is 5.02 Å². The molecule has 0 spiro atoms. The summed E-state index contributed by atoms with van der Waals surface area (Å²) in [7, 11) is 1.67. The first-order chi connectivity index (χ1) is 10.5. The van der Waals surface area contributed by atoms with E-state index in [-0.39, 0.29) is 16.8 Å². The van der Waals surface area contributed by atoms with Crippen LogP contribution in [0.25, 0.3) is 0 Å². The monoisotopic (exact) mass is 319 g/mol. The number of fused-ring (bicyclic) bond motifs is 1. The van der Waals surface area contributed by atoms with Gasteiger partial charge in [0, 0.05) is 13.2 Å². The number of hydrogen-bond acceptors (Lipinski definition) is 3. The van der Waals surface area contributed by atoms with Crippen molar-refractivity contribution in [3.63, 3.8) is 0 Å². The van der Waals surface area contributed by atoms with Gasteiger partial charge in [0.2, 0.25) is 0 Å². The van der Waals surface area contributed by atoms with E-state index < -0.39 is 17.8 Å². The number of carboxylic acids is 1. The van der Waals surface area contributed by atoms with Gasteiger partial charge in [-0.3, -0.25) is 14.3 Å². The summed E-state index contributed by atoms with van der Waals surface area (Å²) >= 11 is 5.97. The summed E-state index contributed by atoms with van der Waals surface area (Å²) in [6.45, 7) is 0. The van der Waals surface area contributed by atoms with Gasteiger partial charge in [-0.2, -0.15) is 5.10 Å². The lowest BCUT2D eigenvalue weighted by Gasteiger charge is -2.13. The zero-order valence-corrected chi connectivity index (χ0v) is 12.5. The van der Waals surface area contributed by atoms with Crippen LogP contribution in [-0.2, 0) is 11.8 Å². The van der Waals surface area contributed by atoms with Crippen molar-refractivity contribution in [2.45, 2.75) is 18.4 Å². The van der Waals surface area contributed by atoms with Gasteiger partial charge in [0.1, 0.15) is 0 Å². The lowest BCUT2D eigenvalue weighted by molar-refractivity contribution is -0.138. The highest BCUT2D eigenvalue weighted by Gasteiger charge is 2.36. The average molecular weight is 320 g/mol. The number of carboxylic acid groups (broad SMARTS) is 1. The number of nitrogens with zero attached hydrogens (tertiary/aromatic N) is 2. The second kappa shape index (κ2) is 5.46. The van der Waals surface area contributed by atoms with Gasteiger partial charge < -0.3 is 10.4 Å². The van der Waals surface area contributed by atoms with Gasteiger partial charge in [-0.15, -0.1) is 0 Å². The fourth-order valence-corrected chi connectivity index (χ4v) is 3.11. The number of aromatic nitrogens is 2. The normalized spacial score (nSPS) is 19.7. The minimum absolute atomic E-state index is 0.139. The molecule has 6 nitrogen and oxygen atoms in total. The van der Waals surface area contributed by atoms with Gasteiger partial charge in [0.05, 0.1) is 17.0 Å². The van der Waals surface area contributed by atoms with Gasteiger partial charge >= 0.3 is 5.97 Å². The first kappa shape index (κ1) is 14.6. The largest absolute Gasteiger partial charge is 0.481 e. The molecule has 1 aliphatic rings. The lowest BCUT2D eigenvalue weighted by atomic mass is 10.0. The van der Waals surface area contributed by atoms with Crippen molar-refractivity contribution in [3.8, 4) is 0 Å². The first-order valence-corrected chi connectivity index (χ1v) is 7.17. The molecule has 7 heteroatoms.